The Morgan fingerprint density at radius 1 is 1.03 bits per heavy atom. The van der Waals surface area contributed by atoms with E-state index < -0.39 is 15.9 Å². The molecule has 0 aliphatic carbocycles. The number of nitrogens with one attached hydrogen (secondary N) is 2. The van der Waals surface area contributed by atoms with Crippen LogP contribution < -0.4 is 10.6 Å². The van der Waals surface area contributed by atoms with Gasteiger partial charge < -0.3 is 15.4 Å². The molecule has 2 aromatic carbocycles. The van der Waals surface area contributed by atoms with E-state index in [0.29, 0.717) is 25.3 Å². The summed E-state index contributed by atoms with van der Waals surface area (Å²) < 4.78 is 32.3. The summed E-state index contributed by atoms with van der Waals surface area (Å²) in [7, 11) is -3.69. The number of benzene rings is 2. The van der Waals surface area contributed by atoms with Gasteiger partial charge in [-0.2, -0.15) is 4.31 Å². The van der Waals surface area contributed by atoms with Gasteiger partial charge in [0.05, 0.1) is 18.1 Å². The van der Waals surface area contributed by atoms with Crippen LogP contribution in [-0.2, 0) is 26.1 Å². The number of rotatable bonds is 8. The van der Waals surface area contributed by atoms with Gasteiger partial charge in [0.25, 0.3) is 5.91 Å². The average Bonchev–Trinajstić information content (AvgIpc) is 2.79. The minimum Gasteiger partial charge on any atom is -0.379 e. The normalized spacial score (nSPS) is 14.7. The van der Waals surface area contributed by atoms with Crippen LogP contribution in [0.15, 0.2) is 53.4 Å². The second-order valence-corrected chi connectivity index (χ2v) is 9.20. The molecule has 8 nitrogen and oxygen atoms in total. The number of morpholine rings is 1. The summed E-state index contributed by atoms with van der Waals surface area (Å²) in [6.45, 7) is 3.60. The first-order valence-electron chi connectivity index (χ1n) is 10.2. The summed E-state index contributed by atoms with van der Waals surface area (Å²) in [4.78, 5) is 24.7. The van der Waals surface area contributed by atoms with Crippen molar-refractivity contribution < 1.29 is 22.7 Å². The maximum atomic E-state index is 12.9. The molecule has 0 atom stereocenters. The fourth-order valence-corrected chi connectivity index (χ4v) is 4.65. The van der Waals surface area contributed by atoms with Gasteiger partial charge in [0.15, 0.2) is 0 Å². The second kappa shape index (κ2) is 10.5. The van der Waals surface area contributed by atoms with E-state index in [1.54, 1.807) is 13.0 Å². The van der Waals surface area contributed by atoms with Gasteiger partial charge in [-0.3, -0.25) is 9.59 Å². The highest BCUT2D eigenvalue weighted by Crippen LogP contribution is 2.20. The Kier molecular flexibility index (Phi) is 7.78. The van der Waals surface area contributed by atoms with Crippen molar-refractivity contribution in [2.75, 3.05) is 32.8 Å². The summed E-state index contributed by atoms with van der Waals surface area (Å²) in [5, 5.41) is 5.50. The molecule has 1 aliphatic rings. The minimum absolute atomic E-state index is 0.0748. The number of carbonyl (C=O) groups is 2. The van der Waals surface area contributed by atoms with E-state index >= 15 is 0 Å². The Bertz CT molecular complexity index is 1020. The second-order valence-electron chi connectivity index (χ2n) is 7.26. The number of ether oxygens (including phenoxy) is 1. The van der Waals surface area contributed by atoms with Crippen LogP contribution in [0, 0.1) is 6.92 Å². The van der Waals surface area contributed by atoms with Gasteiger partial charge in [0.1, 0.15) is 0 Å². The van der Waals surface area contributed by atoms with Gasteiger partial charge in [-0.25, -0.2) is 8.42 Å². The van der Waals surface area contributed by atoms with E-state index in [4.69, 9.17) is 4.74 Å². The predicted octanol–water partition coefficient (Wildman–Crippen LogP) is 1.45. The lowest BCUT2D eigenvalue weighted by molar-refractivity contribution is -0.121. The lowest BCUT2D eigenvalue weighted by atomic mass is 10.1. The zero-order valence-electron chi connectivity index (χ0n) is 17.5. The molecule has 2 amide bonds. The Labute approximate surface area is 182 Å². The number of sulfonamides is 1. The topological polar surface area (TPSA) is 105 Å². The molecule has 0 spiro atoms. The fraction of sp³-hybridized carbons (Fsp3) is 0.364. The molecule has 1 fully saturated rings. The van der Waals surface area contributed by atoms with Gasteiger partial charge >= 0.3 is 0 Å². The van der Waals surface area contributed by atoms with Gasteiger partial charge in [-0.1, -0.05) is 36.4 Å². The molecule has 1 saturated heterocycles. The van der Waals surface area contributed by atoms with Crippen molar-refractivity contribution in [1.82, 2.24) is 14.9 Å². The van der Waals surface area contributed by atoms with Crippen molar-refractivity contribution in [3.63, 3.8) is 0 Å². The summed E-state index contributed by atoms with van der Waals surface area (Å²) in [6, 6.07) is 14.1. The van der Waals surface area contributed by atoms with Crippen LogP contribution in [0.25, 0.3) is 0 Å². The Hall–Kier alpha value is -2.75. The molecule has 1 heterocycles. The van der Waals surface area contributed by atoms with Crippen LogP contribution in [0.3, 0.4) is 0 Å². The molecular formula is C22H27N3O5S. The molecule has 166 valence electrons. The summed E-state index contributed by atoms with van der Waals surface area (Å²) in [6.07, 6.45) is 0.128. The van der Waals surface area contributed by atoms with Crippen LogP contribution in [0.4, 0.5) is 0 Å². The number of aryl methyl sites for hydroxylation is 1. The lowest BCUT2D eigenvalue weighted by Crippen LogP contribution is -2.40. The maximum absolute atomic E-state index is 12.9. The zero-order chi connectivity index (χ0) is 22.3. The predicted molar refractivity (Wildman–Crippen MR) is 116 cm³/mol. The van der Waals surface area contributed by atoms with Crippen molar-refractivity contribution >= 4 is 21.8 Å². The Morgan fingerprint density at radius 2 is 1.74 bits per heavy atom. The van der Waals surface area contributed by atoms with Crippen molar-refractivity contribution in [3.8, 4) is 0 Å². The van der Waals surface area contributed by atoms with Gasteiger partial charge in [0.2, 0.25) is 15.9 Å². The van der Waals surface area contributed by atoms with Crippen molar-refractivity contribution in [2.45, 2.75) is 24.8 Å². The number of hydrogen-bond donors (Lipinski definition) is 2. The van der Waals surface area contributed by atoms with Crippen LogP contribution in [-0.4, -0.2) is 57.4 Å². The van der Waals surface area contributed by atoms with E-state index in [-0.39, 0.29) is 42.4 Å². The molecule has 2 aromatic rings. The summed E-state index contributed by atoms with van der Waals surface area (Å²) >= 11 is 0. The monoisotopic (exact) mass is 445 g/mol. The van der Waals surface area contributed by atoms with Crippen LogP contribution in [0.5, 0.6) is 0 Å². The van der Waals surface area contributed by atoms with E-state index in [1.165, 1.54) is 16.4 Å². The van der Waals surface area contributed by atoms with Crippen LogP contribution in [0.2, 0.25) is 0 Å². The first kappa shape index (κ1) is 22.9. The van der Waals surface area contributed by atoms with E-state index in [0.717, 1.165) is 5.56 Å². The maximum Gasteiger partial charge on any atom is 0.251 e. The number of nitrogens with zero attached hydrogens (tertiary/aromatic N) is 1. The van der Waals surface area contributed by atoms with E-state index in [1.807, 2.05) is 30.3 Å². The van der Waals surface area contributed by atoms with E-state index in [2.05, 4.69) is 10.6 Å². The highest BCUT2D eigenvalue weighted by atomic mass is 32.2. The molecule has 2 N–H and O–H groups in total. The van der Waals surface area contributed by atoms with Crippen molar-refractivity contribution in [3.05, 3.63) is 65.2 Å². The van der Waals surface area contributed by atoms with Crippen LogP contribution >= 0.6 is 0 Å². The highest BCUT2D eigenvalue weighted by molar-refractivity contribution is 7.89. The molecule has 0 saturated carbocycles. The first-order valence-corrected chi connectivity index (χ1v) is 11.6. The highest BCUT2D eigenvalue weighted by Gasteiger charge is 2.27. The largest absolute Gasteiger partial charge is 0.379 e. The quantitative estimate of drug-likeness (QED) is 0.640. The SMILES string of the molecule is Cc1ccc(S(=O)(=O)N2CCOCC2)cc1C(=O)NCCC(=O)NCc1ccccc1. The number of amides is 2. The molecular weight excluding hydrogens is 418 g/mol. The average molecular weight is 446 g/mol. The zero-order valence-corrected chi connectivity index (χ0v) is 18.3. The first-order chi connectivity index (χ1) is 14.9. The van der Waals surface area contributed by atoms with Gasteiger partial charge in [0, 0.05) is 38.2 Å². The smallest absolute Gasteiger partial charge is 0.251 e. The molecule has 31 heavy (non-hydrogen) atoms. The number of carbonyl (C=O) groups excluding carboxylic acids is 2. The fourth-order valence-electron chi connectivity index (χ4n) is 3.21. The third-order valence-electron chi connectivity index (χ3n) is 5.03. The summed E-state index contributed by atoms with van der Waals surface area (Å²) in [5.41, 5.74) is 1.93. The molecule has 0 bridgehead atoms. The standard InChI is InChI=1S/C22H27N3O5S/c1-17-7-8-19(31(28,29)25-11-13-30-14-12-25)15-20(17)22(27)23-10-9-21(26)24-16-18-5-3-2-4-6-18/h2-8,15H,9-14,16H2,1H3,(H,23,27)(H,24,26). The Morgan fingerprint density at radius 3 is 2.45 bits per heavy atom. The molecule has 1 aliphatic heterocycles. The third-order valence-corrected chi connectivity index (χ3v) is 6.93. The van der Waals surface area contributed by atoms with E-state index in [9.17, 15) is 18.0 Å². The Balaban J connectivity index is 1.56. The number of hydrogen-bond acceptors (Lipinski definition) is 5. The molecule has 3 rings (SSSR count). The molecule has 0 radical (unpaired) electrons. The molecule has 0 unspecified atom stereocenters. The lowest BCUT2D eigenvalue weighted by Gasteiger charge is -2.26. The van der Waals surface area contributed by atoms with Gasteiger partial charge in [-0.05, 0) is 30.2 Å². The van der Waals surface area contributed by atoms with Crippen molar-refractivity contribution in [2.24, 2.45) is 0 Å². The van der Waals surface area contributed by atoms with Gasteiger partial charge in [-0.15, -0.1) is 0 Å². The third kappa shape index (κ3) is 6.13. The van der Waals surface area contributed by atoms with Crippen LogP contribution in [0.1, 0.15) is 27.9 Å². The minimum atomic E-state index is -3.69. The summed E-state index contributed by atoms with van der Waals surface area (Å²) in [5.74, 6) is -0.586. The molecule has 9 heteroatoms. The van der Waals surface area contributed by atoms with Crippen molar-refractivity contribution in [1.29, 1.82) is 0 Å². The molecule has 0 aromatic heterocycles.